The number of aliphatic hydroxyl groups is 2. The van der Waals surface area contributed by atoms with Crippen LogP contribution in [0.2, 0.25) is 0 Å². The smallest absolute Gasteiger partial charge is 0.328 e. The van der Waals surface area contributed by atoms with Gasteiger partial charge in [0.25, 0.3) is 0 Å². The number of carboxylic acid groups (broad SMARTS) is 1. The Morgan fingerprint density at radius 1 is 0.846 bits per heavy atom. The Hall–Kier alpha value is -4.34. The number of benzene rings is 1. The van der Waals surface area contributed by atoms with Gasteiger partial charge in [-0.2, -0.15) is 0 Å². The fourth-order valence-corrected chi connectivity index (χ4v) is 3.39. The highest BCUT2D eigenvalue weighted by atomic mass is 16.4. The number of amides is 4. The molecule has 4 amide bonds. The van der Waals surface area contributed by atoms with E-state index in [1.165, 1.54) is 19.4 Å². The van der Waals surface area contributed by atoms with Gasteiger partial charge in [0.05, 0.1) is 25.6 Å². The average molecular weight is 548 g/mol. The van der Waals surface area contributed by atoms with Crippen molar-refractivity contribution in [2.75, 3.05) is 13.2 Å². The minimum Gasteiger partial charge on any atom is -0.480 e. The number of carbonyl (C=O) groups is 5. The molecular weight excluding hydrogens is 514 g/mol. The molecule has 15 heteroatoms. The van der Waals surface area contributed by atoms with Crippen molar-refractivity contribution in [1.29, 1.82) is 0 Å². The topological polar surface area (TPSA) is 249 Å². The van der Waals surface area contributed by atoms with Crippen LogP contribution in [0.5, 0.6) is 0 Å². The molecule has 0 radical (unpaired) electrons. The van der Waals surface area contributed by atoms with Gasteiger partial charge >= 0.3 is 5.97 Å². The summed E-state index contributed by atoms with van der Waals surface area (Å²) in [6, 6.07) is 2.55. The first-order valence-corrected chi connectivity index (χ1v) is 12.0. The van der Waals surface area contributed by atoms with Crippen LogP contribution >= 0.6 is 0 Å². The third kappa shape index (κ3) is 9.81. The number of nitrogens with zero attached hydrogens (tertiary/aromatic N) is 1. The zero-order valence-corrected chi connectivity index (χ0v) is 21.2. The van der Waals surface area contributed by atoms with E-state index in [0.717, 1.165) is 5.56 Å². The number of carbonyl (C=O) groups excluding carboxylic acids is 4. The third-order valence-electron chi connectivity index (χ3n) is 5.61. The minimum atomic E-state index is -1.64. The summed E-state index contributed by atoms with van der Waals surface area (Å²) in [5.41, 5.74) is 7.40. The second kappa shape index (κ2) is 15.2. The Morgan fingerprint density at radius 2 is 1.44 bits per heavy atom. The molecule has 5 atom stereocenters. The number of nitrogens with one attached hydrogen (secondary N) is 5. The SMILES string of the molecule is C[C@H](NC(=O)[C@H](Cc1cnc[nH]1)NC(=O)[C@@H](N)Cc1ccccc1)C(=O)N[C@@H](CO)C(=O)N[C@@H](CO)C(=O)O. The first-order valence-electron chi connectivity index (χ1n) is 12.0. The number of carboxylic acids is 1. The van der Waals surface area contributed by atoms with E-state index in [4.69, 9.17) is 15.9 Å². The molecular formula is C24H33N7O8. The number of hydrogen-bond donors (Lipinski definition) is 9. The fourth-order valence-electron chi connectivity index (χ4n) is 3.39. The molecule has 0 fully saturated rings. The lowest BCUT2D eigenvalue weighted by molar-refractivity contribution is -0.143. The summed E-state index contributed by atoms with van der Waals surface area (Å²) in [4.78, 5) is 68.4. The van der Waals surface area contributed by atoms with E-state index in [1.807, 2.05) is 35.6 Å². The molecule has 0 aliphatic rings. The van der Waals surface area contributed by atoms with Gasteiger partial charge in [-0.15, -0.1) is 0 Å². The van der Waals surface area contributed by atoms with Crippen molar-refractivity contribution in [3.63, 3.8) is 0 Å². The zero-order valence-electron chi connectivity index (χ0n) is 21.2. The third-order valence-corrected chi connectivity index (χ3v) is 5.61. The van der Waals surface area contributed by atoms with Crippen molar-refractivity contribution in [2.45, 2.75) is 50.0 Å². The van der Waals surface area contributed by atoms with Gasteiger partial charge in [0, 0.05) is 18.3 Å². The highest BCUT2D eigenvalue weighted by Gasteiger charge is 2.30. The number of rotatable bonds is 15. The standard InChI is InChI=1S/C24H33N7O8/c1-13(20(34)30-18(10-32)23(37)31-19(11-33)24(38)39)28-22(36)17(8-15-9-26-12-27-15)29-21(35)16(25)7-14-5-3-2-4-6-14/h2-6,9,12-13,16-19,32-33H,7-8,10-11,25H2,1H3,(H,26,27)(H,28,36)(H,29,35)(H,30,34)(H,31,37)(H,38,39)/t13-,16-,17-,18-,19-/m0/s1. The Balaban J connectivity index is 2.03. The molecule has 10 N–H and O–H groups in total. The summed E-state index contributed by atoms with van der Waals surface area (Å²) < 4.78 is 0. The first kappa shape index (κ1) is 30.9. The van der Waals surface area contributed by atoms with Crippen molar-refractivity contribution in [2.24, 2.45) is 5.73 Å². The Morgan fingerprint density at radius 3 is 2.00 bits per heavy atom. The second-order valence-corrected chi connectivity index (χ2v) is 8.69. The molecule has 0 saturated carbocycles. The predicted octanol–water partition coefficient (Wildman–Crippen LogP) is -3.45. The molecule has 0 spiro atoms. The van der Waals surface area contributed by atoms with E-state index in [0.29, 0.717) is 5.69 Å². The van der Waals surface area contributed by atoms with Crippen molar-refractivity contribution >= 4 is 29.6 Å². The maximum Gasteiger partial charge on any atom is 0.328 e. The molecule has 0 aliphatic carbocycles. The summed E-state index contributed by atoms with van der Waals surface area (Å²) in [6.07, 6.45) is 3.10. The molecule has 0 unspecified atom stereocenters. The normalized spacial score (nSPS) is 14.7. The van der Waals surface area contributed by atoms with Gasteiger partial charge in [-0.1, -0.05) is 30.3 Å². The van der Waals surface area contributed by atoms with Gasteiger partial charge in [-0.3, -0.25) is 19.2 Å². The number of aromatic amines is 1. The van der Waals surface area contributed by atoms with Crippen LogP contribution in [-0.2, 0) is 36.8 Å². The van der Waals surface area contributed by atoms with Crippen LogP contribution in [0.25, 0.3) is 0 Å². The van der Waals surface area contributed by atoms with Crippen LogP contribution in [0.1, 0.15) is 18.2 Å². The van der Waals surface area contributed by atoms with Crippen molar-refractivity contribution in [3.8, 4) is 0 Å². The molecule has 1 aromatic carbocycles. The molecule has 0 bridgehead atoms. The lowest BCUT2D eigenvalue weighted by Gasteiger charge is -2.24. The monoisotopic (exact) mass is 547 g/mol. The Kier molecular flexibility index (Phi) is 12.0. The zero-order chi connectivity index (χ0) is 28.9. The molecule has 39 heavy (non-hydrogen) atoms. The van der Waals surface area contributed by atoms with Gasteiger partial charge in [0.1, 0.15) is 24.2 Å². The van der Waals surface area contributed by atoms with Gasteiger partial charge < -0.3 is 47.3 Å². The summed E-state index contributed by atoms with van der Waals surface area (Å²) in [5, 5.41) is 36.7. The predicted molar refractivity (Wildman–Crippen MR) is 136 cm³/mol. The molecule has 1 aromatic heterocycles. The van der Waals surface area contributed by atoms with Crippen LogP contribution in [0.4, 0.5) is 0 Å². The lowest BCUT2D eigenvalue weighted by atomic mass is 10.0. The van der Waals surface area contributed by atoms with E-state index >= 15 is 0 Å². The van der Waals surface area contributed by atoms with Gasteiger partial charge in [-0.05, 0) is 18.9 Å². The number of imidazole rings is 1. The molecule has 1 heterocycles. The van der Waals surface area contributed by atoms with Gasteiger partial charge in [-0.25, -0.2) is 9.78 Å². The van der Waals surface area contributed by atoms with E-state index < -0.39 is 73.0 Å². The number of nitrogens with two attached hydrogens (primary N) is 1. The van der Waals surface area contributed by atoms with Crippen molar-refractivity contribution in [1.82, 2.24) is 31.2 Å². The summed E-state index contributed by atoms with van der Waals surface area (Å²) in [7, 11) is 0. The maximum atomic E-state index is 13.0. The maximum absolute atomic E-state index is 13.0. The second-order valence-electron chi connectivity index (χ2n) is 8.69. The highest BCUT2D eigenvalue weighted by molar-refractivity contribution is 5.95. The number of hydrogen-bond acceptors (Lipinski definition) is 9. The molecule has 2 aromatic rings. The quantitative estimate of drug-likeness (QED) is 0.107. The largest absolute Gasteiger partial charge is 0.480 e. The Labute approximate surface area is 223 Å². The van der Waals surface area contributed by atoms with Crippen LogP contribution in [0, 0.1) is 0 Å². The van der Waals surface area contributed by atoms with E-state index in [9.17, 15) is 29.1 Å². The number of aliphatic carboxylic acids is 1. The summed E-state index contributed by atoms with van der Waals surface area (Å²) >= 11 is 0. The fraction of sp³-hybridized carbons (Fsp3) is 0.417. The van der Waals surface area contributed by atoms with E-state index in [2.05, 4.69) is 25.9 Å². The van der Waals surface area contributed by atoms with Crippen molar-refractivity contribution < 1.29 is 39.3 Å². The first-order chi connectivity index (χ1) is 18.5. The number of aliphatic hydroxyl groups excluding tert-OH is 2. The van der Waals surface area contributed by atoms with E-state index in [1.54, 1.807) is 0 Å². The van der Waals surface area contributed by atoms with Crippen LogP contribution in [0.3, 0.4) is 0 Å². The number of aromatic nitrogens is 2. The summed E-state index contributed by atoms with van der Waals surface area (Å²) in [5.74, 6) is -4.76. The lowest BCUT2D eigenvalue weighted by Crippen LogP contribution is -2.59. The molecule has 15 nitrogen and oxygen atoms in total. The molecule has 0 aliphatic heterocycles. The number of H-pyrrole nitrogens is 1. The minimum absolute atomic E-state index is 0.00335. The highest BCUT2D eigenvalue weighted by Crippen LogP contribution is 2.04. The van der Waals surface area contributed by atoms with Gasteiger partial charge in [0.15, 0.2) is 0 Å². The van der Waals surface area contributed by atoms with Crippen molar-refractivity contribution in [3.05, 3.63) is 54.1 Å². The summed E-state index contributed by atoms with van der Waals surface area (Å²) in [6.45, 7) is -0.477. The van der Waals surface area contributed by atoms with Crippen LogP contribution < -0.4 is 27.0 Å². The average Bonchev–Trinajstić information content (AvgIpc) is 3.43. The van der Waals surface area contributed by atoms with Crippen LogP contribution in [-0.4, -0.2) is 98.3 Å². The molecule has 212 valence electrons. The van der Waals surface area contributed by atoms with Crippen LogP contribution in [0.15, 0.2) is 42.9 Å². The molecule has 2 rings (SSSR count). The van der Waals surface area contributed by atoms with Gasteiger partial charge in [0.2, 0.25) is 23.6 Å². The molecule has 0 saturated heterocycles. The van der Waals surface area contributed by atoms with E-state index in [-0.39, 0.29) is 12.8 Å². The Bertz CT molecular complexity index is 1110.